The number of rotatable bonds is 3. The van der Waals surface area contributed by atoms with Crippen molar-refractivity contribution >= 4 is 27.3 Å². The third kappa shape index (κ3) is 2.83. The maximum atomic E-state index is 12.2. The van der Waals surface area contributed by atoms with Crippen LogP contribution in [0.1, 0.15) is 5.56 Å². The molecule has 0 heterocycles. The summed E-state index contributed by atoms with van der Waals surface area (Å²) in [6.07, 6.45) is 0. The van der Waals surface area contributed by atoms with E-state index in [1.165, 1.54) is 18.2 Å². The zero-order valence-electron chi connectivity index (χ0n) is 10.1. The molecule has 2 N–H and O–H groups in total. The molecule has 0 aliphatic rings. The number of sulfonamides is 1. The van der Waals surface area contributed by atoms with Crippen LogP contribution >= 0.6 is 11.6 Å². The molecule has 0 aliphatic heterocycles. The van der Waals surface area contributed by atoms with E-state index in [4.69, 9.17) is 11.6 Å². The van der Waals surface area contributed by atoms with Gasteiger partial charge in [0.1, 0.15) is 10.6 Å². The quantitative estimate of drug-likeness (QED) is 0.914. The molecular formula is C13H12ClNO3S. The van der Waals surface area contributed by atoms with E-state index < -0.39 is 10.0 Å². The van der Waals surface area contributed by atoms with Crippen molar-refractivity contribution in [3.05, 3.63) is 53.1 Å². The highest BCUT2D eigenvalue weighted by atomic mass is 35.5. The van der Waals surface area contributed by atoms with Gasteiger partial charge < -0.3 is 5.11 Å². The number of phenolic OH excluding ortho intramolecular Hbond substituents is 1. The summed E-state index contributed by atoms with van der Waals surface area (Å²) in [4.78, 5) is -0.186. The maximum Gasteiger partial charge on any atom is 0.265 e. The molecule has 0 unspecified atom stereocenters. The second kappa shape index (κ2) is 5.11. The first-order valence-corrected chi connectivity index (χ1v) is 7.34. The second-order valence-electron chi connectivity index (χ2n) is 4.00. The molecule has 2 aromatic rings. The summed E-state index contributed by atoms with van der Waals surface area (Å²) in [5, 5.41) is 9.92. The van der Waals surface area contributed by atoms with Gasteiger partial charge >= 0.3 is 0 Å². The Hall–Kier alpha value is -1.72. The van der Waals surface area contributed by atoms with Crippen LogP contribution in [0.15, 0.2) is 47.4 Å². The van der Waals surface area contributed by atoms with E-state index >= 15 is 0 Å². The predicted molar refractivity (Wildman–Crippen MR) is 75.1 cm³/mol. The second-order valence-corrected chi connectivity index (χ2v) is 6.06. The summed E-state index contributed by atoms with van der Waals surface area (Å²) in [7, 11) is -3.87. The minimum atomic E-state index is -3.87. The molecule has 0 aromatic heterocycles. The minimum absolute atomic E-state index is 0.186. The first kappa shape index (κ1) is 13.7. The standard InChI is InChI=1S/C13H12ClNO3S/c1-9-5-4-6-10(14)13(9)15-19(17,18)12-8-3-2-7-11(12)16/h2-8,15-16H,1H3. The zero-order chi connectivity index (χ0) is 14.0. The van der Waals surface area contributed by atoms with Crippen LogP contribution in [0.5, 0.6) is 5.75 Å². The lowest BCUT2D eigenvalue weighted by Gasteiger charge is -2.12. The molecular weight excluding hydrogens is 286 g/mol. The Kier molecular flexibility index (Phi) is 3.68. The van der Waals surface area contributed by atoms with Crippen molar-refractivity contribution in [2.24, 2.45) is 0 Å². The monoisotopic (exact) mass is 297 g/mol. The average Bonchev–Trinajstić information content (AvgIpc) is 2.34. The Labute approximate surface area is 116 Å². The summed E-state index contributed by atoms with van der Waals surface area (Å²) in [6, 6.07) is 10.8. The van der Waals surface area contributed by atoms with E-state index in [0.29, 0.717) is 16.3 Å². The van der Waals surface area contributed by atoms with Gasteiger partial charge in [-0.2, -0.15) is 0 Å². The van der Waals surface area contributed by atoms with Crippen LogP contribution in [0.25, 0.3) is 0 Å². The molecule has 0 bridgehead atoms. The lowest BCUT2D eigenvalue weighted by atomic mass is 10.2. The Morgan fingerprint density at radius 2 is 1.79 bits per heavy atom. The number of hydrogen-bond acceptors (Lipinski definition) is 3. The molecule has 2 aromatic carbocycles. The van der Waals surface area contributed by atoms with Crippen LogP contribution in [-0.2, 0) is 10.0 Å². The Morgan fingerprint density at radius 1 is 1.11 bits per heavy atom. The smallest absolute Gasteiger partial charge is 0.265 e. The van der Waals surface area contributed by atoms with Gasteiger partial charge in [0.25, 0.3) is 10.0 Å². The Morgan fingerprint density at radius 3 is 2.42 bits per heavy atom. The Balaban J connectivity index is 2.46. The van der Waals surface area contributed by atoms with Crippen LogP contribution < -0.4 is 4.72 Å². The zero-order valence-corrected chi connectivity index (χ0v) is 11.7. The Bertz CT molecular complexity index is 693. The molecule has 0 spiro atoms. The third-order valence-electron chi connectivity index (χ3n) is 2.61. The molecule has 6 heteroatoms. The fourth-order valence-electron chi connectivity index (χ4n) is 1.63. The van der Waals surface area contributed by atoms with Crippen LogP contribution in [0.3, 0.4) is 0 Å². The van der Waals surface area contributed by atoms with E-state index in [-0.39, 0.29) is 10.6 Å². The number of halogens is 1. The first-order valence-electron chi connectivity index (χ1n) is 5.48. The van der Waals surface area contributed by atoms with Gasteiger partial charge in [0, 0.05) is 0 Å². The number of para-hydroxylation sites is 2. The molecule has 0 aliphatic carbocycles. The fraction of sp³-hybridized carbons (Fsp3) is 0.0769. The van der Waals surface area contributed by atoms with E-state index in [1.807, 2.05) is 0 Å². The number of benzene rings is 2. The molecule has 0 saturated heterocycles. The average molecular weight is 298 g/mol. The summed E-state index contributed by atoms with van der Waals surface area (Å²) in [5.41, 5.74) is 1.01. The highest BCUT2D eigenvalue weighted by Crippen LogP contribution is 2.30. The van der Waals surface area contributed by atoms with E-state index in [1.54, 1.807) is 31.2 Å². The maximum absolute atomic E-state index is 12.2. The van der Waals surface area contributed by atoms with Crippen molar-refractivity contribution in [3.8, 4) is 5.75 Å². The van der Waals surface area contributed by atoms with Gasteiger partial charge in [0.15, 0.2) is 0 Å². The van der Waals surface area contributed by atoms with Crippen molar-refractivity contribution in [2.45, 2.75) is 11.8 Å². The molecule has 0 atom stereocenters. The topological polar surface area (TPSA) is 66.4 Å². The summed E-state index contributed by atoms with van der Waals surface area (Å²) in [6.45, 7) is 1.74. The van der Waals surface area contributed by atoms with Gasteiger partial charge in [-0.3, -0.25) is 4.72 Å². The highest BCUT2D eigenvalue weighted by molar-refractivity contribution is 7.92. The summed E-state index contributed by atoms with van der Waals surface area (Å²) >= 11 is 5.97. The number of hydrogen-bond donors (Lipinski definition) is 2. The molecule has 4 nitrogen and oxygen atoms in total. The number of aryl methyl sites for hydroxylation is 1. The van der Waals surface area contributed by atoms with Gasteiger partial charge in [-0.05, 0) is 30.7 Å². The molecule has 100 valence electrons. The van der Waals surface area contributed by atoms with Crippen LogP contribution in [0.2, 0.25) is 5.02 Å². The van der Waals surface area contributed by atoms with Crippen molar-refractivity contribution in [2.75, 3.05) is 4.72 Å². The van der Waals surface area contributed by atoms with Gasteiger partial charge in [-0.1, -0.05) is 35.9 Å². The highest BCUT2D eigenvalue weighted by Gasteiger charge is 2.20. The van der Waals surface area contributed by atoms with Gasteiger partial charge in [-0.25, -0.2) is 8.42 Å². The van der Waals surface area contributed by atoms with Crippen LogP contribution in [0.4, 0.5) is 5.69 Å². The molecule has 0 radical (unpaired) electrons. The van der Waals surface area contributed by atoms with Crippen LogP contribution in [-0.4, -0.2) is 13.5 Å². The summed E-state index contributed by atoms with van der Waals surface area (Å²) in [5.74, 6) is -0.306. The number of aromatic hydroxyl groups is 1. The normalized spacial score (nSPS) is 11.3. The van der Waals surface area contributed by atoms with Gasteiger partial charge in [0.2, 0.25) is 0 Å². The predicted octanol–water partition coefficient (Wildman–Crippen LogP) is 3.15. The molecule has 2 rings (SSSR count). The van der Waals surface area contributed by atoms with E-state index in [9.17, 15) is 13.5 Å². The molecule has 19 heavy (non-hydrogen) atoms. The van der Waals surface area contributed by atoms with Crippen molar-refractivity contribution in [3.63, 3.8) is 0 Å². The first-order chi connectivity index (χ1) is 8.92. The number of nitrogens with one attached hydrogen (secondary N) is 1. The number of anilines is 1. The lowest BCUT2D eigenvalue weighted by Crippen LogP contribution is -2.14. The largest absolute Gasteiger partial charge is 0.507 e. The van der Waals surface area contributed by atoms with Crippen molar-refractivity contribution in [1.82, 2.24) is 0 Å². The van der Waals surface area contributed by atoms with Crippen molar-refractivity contribution < 1.29 is 13.5 Å². The molecule has 0 fully saturated rings. The summed E-state index contributed by atoms with van der Waals surface area (Å²) < 4.78 is 26.8. The van der Waals surface area contributed by atoms with E-state index in [2.05, 4.69) is 4.72 Å². The van der Waals surface area contributed by atoms with E-state index in [0.717, 1.165) is 0 Å². The van der Waals surface area contributed by atoms with Gasteiger partial charge in [0.05, 0.1) is 10.7 Å². The SMILES string of the molecule is Cc1cccc(Cl)c1NS(=O)(=O)c1ccccc1O. The molecule has 0 amide bonds. The lowest BCUT2D eigenvalue weighted by molar-refractivity contribution is 0.459. The van der Waals surface area contributed by atoms with Crippen molar-refractivity contribution in [1.29, 1.82) is 0 Å². The third-order valence-corrected chi connectivity index (χ3v) is 4.33. The molecule has 0 saturated carbocycles. The minimum Gasteiger partial charge on any atom is -0.507 e. The van der Waals surface area contributed by atoms with Crippen LogP contribution in [0, 0.1) is 6.92 Å². The van der Waals surface area contributed by atoms with Gasteiger partial charge in [-0.15, -0.1) is 0 Å². The fourth-order valence-corrected chi connectivity index (χ4v) is 3.21. The number of phenols is 1.